The summed E-state index contributed by atoms with van der Waals surface area (Å²) in [6.45, 7) is 3.64. The summed E-state index contributed by atoms with van der Waals surface area (Å²) in [5, 5.41) is 19.0. The number of aromatic nitrogens is 3. The van der Waals surface area contributed by atoms with Crippen molar-refractivity contribution < 1.29 is 19.1 Å². The molecule has 0 fully saturated rings. The van der Waals surface area contributed by atoms with Gasteiger partial charge in [-0.15, -0.1) is 5.10 Å². The number of carbonyl (C=O) groups is 2. The minimum Gasteiger partial charge on any atom is -0.480 e. The predicted octanol–water partition coefficient (Wildman–Crippen LogP) is 1.30. The summed E-state index contributed by atoms with van der Waals surface area (Å²) in [4.78, 5) is 23.1. The second-order valence-electron chi connectivity index (χ2n) is 5.46. The fourth-order valence-electron chi connectivity index (χ4n) is 2.03. The summed E-state index contributed by atoms with van der Waals surface area (Å²) in [5.74, 6) is -2.35. The first-order valence-electron chi connectivity index (χ1n) is 7.05. The normalized spacial score (nSPS) is 12.2. The molecule has 1 aromatic carbocycles. The second-order valence-corrected chi connectivity index (χ2v) is 5.46. The first kappa shape index (κ1) is 16.6. The van der Waals surface area contributed by atoms with Crippen molar-refractivity contribution in [2.24, 2.45) is 5.92 Å². The second kappa shape index (κ2) is 6.99. The van der Waals surface area contributed by atoms with E-state index in [2.05, 4.69) is 15.6 Å². The molecule has 1 unspecified atom stereocenters. The minimum atomic E-state index is -1.11. The number of nitrogens with one attached hydrogen (secondary N) is 1. The summed E-state index contributed by atoms with van der Waals surface area (Å²) < 4.78 is 14.5. The molecule has 2 N–H and O–H groups in total. The van der Waals surface area contributed by atoms with Crippen LogP contribution in [0.25, 0.3) is 0 Å². The third-order valence-corrected chi connectivity index (χ3v) is 3.22. The smallest absolute Gasteiger partial charge is 0.326 e. The van der Waals surface area contributed by atoms with Crippen LogP contribution in [0.5, 0.6) is 0 Å². The van der Waals surface area contributed by atoms with E-state index in [1.165, 1.54) is 23.0 Å². The Bertz CT molecular complexity index is 714. The fraction of sp³-hybridized carbons (Fsp3) is 0.333. The van der Waals surface area contributed by atoms with Gasteiger partial charge in [0.15, 0.2) is 5.69 Å². The maximum atomic E-state index is 13.1. The van der Waals surface area contributed by atoms with E-state index in [-0.39, 0.29) is 24.0 Å². The Morgan fingerprint density at radius 1 is 1.39 bits per heavy atom. The molecule has 1 heterocycles. The predicted molar refractivity (Wildman–Crippen MR) is 79.3 cm³/mol. The number of rotatable bonds is 6. The van der Waals surface area contributed by atoms with Gasteiger partial charge >= 0.3 is 5.97 Å². The third kappa shape index (κ3) is 4.35. The Balaban J connectivity index is 2.06. The molecule has 0 saturated heterocycles. The lowest BCUT2D eigenvalue weighted by atomic mass is 10.0. The summed E-state index contributed by atoms with van der Waals surface area (Å²) in [6, 6.07) is 5.00. The third-order valence-electron chi connectivity index (χ3n) is 3.22. The van der Waals surface area contributed by atoms with Gasteiger partial charge in [0.25, 0.3) is 5.91 Å². The topological polar surface area (TPSA) is 97.1 Å². The zero-order valence-electron chi connectivity index (χ0n) is 12.7. The number of nitrogens with zero attached hydrogens (tertiary/aromatic N) is 3. The molecule has 8 heteroatoms. The summed E-state index contributed by atoms with van der Waals surface area (Å²) in [6.07, 6.45) is 1.39. The average Bonchev–Trinajstić information content (AvgIpc) is 2.92. The van der Waals surface area contributed by atoms with Crippen molar-refractivity contribution in [3.8, 4) is 0 Å². The number of carboxylic acids is 1. The monoisotopic (exact) mass is 320 g/mol. The molecule has 0 radical (unpaired) electrons. The molecular weight excluding hydrogens is 303 g/mol. The highest BCUT2D eigenvalue weighted by molar-refractivity contribution is 5.94. The molecule has 0 aliphatic heterocycles. The Morgan fingerprint density at radius 3 is 2.74 bits per heavy atom. The maximum absolute atomic E-state index is 13.1. The van der Waals surface area contributed by atoms with Crippen molar-refractivity contribution in [2.75, 3.05) is 0 Å². The van der Waals surface area contributed by atoms with Gasteiger partial charge in [-0.3, -0.25) is 4.79 Å². The highest BCUT2D eigenvalue weighted by Gasteiger charge is 2.25. The van der Waals surface area contributed by atoms with E-state index in [0.717, 1.165) is 0 Å². The number of halogens is 1. The molecule has 7 nitrogen and oxygen atoms in total. The van der Waals surface area contributed by atoms with Crippen LogP contribution in [0.2, 0.25) is 0 Å². The Labute approximate surface area is 132 Å². The van der Waals surface area contributed by atoms with E-state index in [9.17, 15) is 14.0 Å². The van der Waals surface area contributed by atoms with E-state index < -0.39 is 17.9 Å². The molecular formula is C15H17FN4O3. The molecule has 0 aliphatic rings. The zero-order chi connectivity index (χ0) is 17.0. The molecule has 1 aromatic heterocycles. The lowest BCUT2D eigenvalue weighted by Gasteiger charge is -2.16. The summed E-state index contributed by atoms with van der Waals surface area (Å²) in [5.41, 5.74) is 0.681. The van der Waals surface area contributed by atoms with Gasteiger partial charge in [-0.25, -0.2) is 13.9 Å². The van der Waals surface area contributed by atoms with E-state index in [4.69, 9.17) is 5.11 Å². The van der Waals surface area contributed by atoms with Crippen molar-refractivity contribution in [1.82, 2.24) is 20.3 Å². The average molecular weight is 320 g/mol. The van der Waals surface area contributed by atoms with Gasteiger partial charge in [-0.05, 0) is 23.6 Å². The first-order valence-corrected chi connectivity index (χ1v) is 7.05. The lowest BCUT2D eigenvalue weighted by Crippen LogP contribution is -2.44. The standard InChI is InChI=1S/C15H17FN4O3/c1-9(2)13(15(22)23)17-14(21)12-8-20(19-18-12)7-10-4-3-5-11(16)6-10/h3-6,8-9,13H,7H2,1-2H3,(H,17,21)(H,22,23). The van der Waals surface area contributed by atoms with Crippen LogP contribution in [-0.4, -0.2) is 38.0 Å². The van der Waals surface area contributed by atoms with Gasteiger partial charge in [0.1, 0.15) is 11.9 Å². The lowest BCUT2D eigenvalue weighted by molar-refractivity contribution is -0.140. The van der Waals surface area contributed by atoms with E-state index in [0.29, 0.717) is 5.56 Å². The number of hydrogen-bond donors (Lipinski definition) is 2. The van der Waals surface area contributed by atoms with Crippen LogP contribution >= 0.6 is 0 Å². The van der Waals surface area contributed by atoms with E-state index in [1.807, 2.05) is 0 Å². The molecule has 1 amide bonds. The van der Waals surface area contributed by atoms with Crippen LogP contribution in [-0.2, 0) is 11.3 Å². The Kier molecular flexibility index (Phi) is 5.05. The number of benzene rings is 1. The van der Waals surface area contributed by atoms with Gasteiger partial charge in [0, 0.05) is 0 Å². The fourth-order valence-corrected chi connectivity index (χ4v) is 2.03. The number of amides is 1. The highest BCUT2D eigenvalue weighted by Crippen LogP contribution is 2.07. The number of aliphatic carboxylic acids is 1. The SMILES string of the molecule is CC(C)C(NC(=O)c1cn(Cc2cccc(F)c2)nn1)C(=O)O. The molecule has 0 saturated carbocycles. The van der Waals surface area contributed by atoms with E-state index in [1.54, 1.807) is 26.0 Å². The van der Waals surface area contributed by atoms with Gasteiger partial charge in [0.05, 0.1) is 12.7 Å². The molecule has 2 aromatic rings. The highest BCUT2D eigenvalue weighted by atomic mass is 19.1. The van der Waals surface area contributed by atoms with Crippen LogP contribution in [0.3, 0.4) is 0 Å². The van der Waals surface area contributed by atoms with Crippen LogP contribution in [0.15, 0.2) is 30.5 Å². The van der Waals surface area contributed by atoms with Gasteiger partial charge < -0.3 is 10.4 Å². The van der Waals surface area contributed by atoms with Crippen LogP contribution in [0.1, 0.15) is 29.9 Å². The largest absolute Gasteiger partial charge is 0.480 e. The quantitative estimate of drug-likeness (QED) is 0.836. The number of carboxylic acid groups (broad SMARTS) is 1. The molecule has 0 bridgehead atoms. The molecule has 23 heavy (non-hydrogen) atoms. The minimum absolute atomic E-state index is 0.00769. The van der Waals surface area contributed by atoms with Gasteiger partial charge in [0.2, 0.25) is 0 Å². The molecule has 0 spiro atoms. The van der Waals surface area contributed by atoms with Gasteiger partial charge in [-0.1, -0.05) is 31.2 Å². The van der Waals surface area contributed by atoms with Crippen LogP contribution in [0.4, 0.5) is 4.39 Å². The Morgan fingerprint density at radius 2 is 2.13 bits per heavy atom. The number of hydrogen-bond acceptors (Lipinski definition) is 4. The summed E-state index contributed by atoms with van der Waals surface area (Å²) in [7, 11) is 0. The first-order chi connectivity index (χ1) is 10.9. The van der Waals surface area contributed by atoms with Gasteiger partial charge in [-0.2, -0.15) is 0 Å². The molecule has 2 rings (SSSR count). The van der Waals surface area contributed by atoms with Crippen LogP contribution < -0.4 is 5.32 Å². The van der Waals surface area contributed by atoms with E-state index >= 15 is 0 Å². The van der Waals surface area contributed by atoms with Crippen molar-refractivity contribution >= 4 is 11.9 Å². The van der Waals surface area contributed by atoms with Crippen molar-refractivity contribution in [3.63, 3.8) is 0 Å². The Hall–Kier alpha value is -2.77. The van der Waals surface area contributed by atoms with Crippen molar-refractivity contribution in [3.05, 3.63) is 47.5 Å². The molecule has 1 atom stereocenters. The molecule has 122 valence electrons. The van der Waals surface area contributed by atoms with Crippen molar-refractivity contribution in [2.45, 2.75) is 26.4 Å². The van der Waals surface area contributed by atoms with Crippen LogP contribution in [0, 0.1) is 11.7 Å². The molecule has 0 aliphatic carbocycles. The number of carbonyl (C=O) groups excluding carboxylic acids is 1. The summed E-state index contributed by atoms with van der Waals surface area (Å²) >= 11 is 0. The zero-order valence-corrected chi connectivity index (χ0v) is 12.7. The maximum Gasteiger partial charge on any atom is 0.326 e. The van der Waals surface area contributed by atoms with Crippen molar-refractivity contribution in [1.29, 1.82) is 0 Å².